The van der Waals surface area contributed by atoms with Crippen molar-refractivity contribution in [1.82, 2.24) is 0 Å². The first kappa shape index (κ1) is 25.1. The molecule has 1 atom stereocenters. The molecule has 2 aromatic carbocycles. The van der Waals surface area contributed by atoms with Crippen LogP contribution in [0.3, 0.4) is 0 Å². The molecule has 1 aliphatic rings. The number of aliphatic hydroxyl groups excluding tert-OH is 1. The highest BCUT2D eigenvalue weighted by Gasteiger charge is 2.37. The second kappa shape index (κ2) is 9.75. The van der Waals surface area contributed by atoms with E-state index in [9.17, 15) is 36.2 Å². The van der Waals surface area contributed by atoms with Crippen LogP contribution in [-0.2, 0) is 17.1 Å². The number of aliphatic hydroxyl groups is 1. The molecule has 33 heavy (non-hydrogen) atoms. The summed E-state index contributed by atoms with van der Waals surface area (Å²) in [5.74, 6) is -1.17. The number of rotatable bonds is 5. The van der Waals surface area contributed by atoms with Crippen LogP contribution in [0.25, 0.3) is 0 Å². The Morgan fingerprint density at radius 2 is 1.52 bits per heavy atom. The van der Waals surface area contributed by atoms with Crippen molar-refractivity contribution >= 4 is 11.6 Å². The van der Waals surface area contributed by atoms with E-state index >= 15 is 0 Å². The van der Waals surface area contributed by atoms with Crippen LogP contribution in [0.15, 0.2) is 42.5 Å². The van der Waals surface area contributed by atoms with E-state index in [1.54, 1.807) is 24.3 Å². The number of carbonyl (C=O) groups is 1. The number of para-hydroxylation sites is 1. The van der Waals surface area contributed by atoms with Gasteiger partial charge in [-0.1, -0.05) is 25.1 Å². The van der Waals surface area contributed by atoms with E-state index in [1.165, 1.54) is 6.92 Å². The van der Waals surface area contributed by atoms with Crippen molar-refractivity contribution in [2.75, 3.05) is 11.9 Å². The maximum Gasteiger partial charge on any atom is 0.416 e. The van der Waals surface area contributed by atoms with Crippen molar-refractivity contribution in [2.24, 2.45) is 11.8 Å². The van der Waals surface area contributed by atoms with Crippen molar-refractivity contribution in [3.8, 4) is 0 Å². The van der Waals surface area contributed by atoms with E-state index < -0.39 is 29.4 Å². The Balaban J connectivity index is 1.90. The van der Waals surface area contributed by atoms with Gasteiger partial charge in [-0.2, -0.15) is 26.3 Å². The quantitative estimate of drug-likeness (QED) is 0.480. The van der Waals surface area contributed by atoms with Gasteiger partial charge in [0, 0.05) is 24.1 Å². The summed E-state index contributed by atoms with van der Waals surface area (Å²) < 4.78 is 79.6. The molecule has 0 radical (unpaired) electrons. The monoisotopic (exact) mass is 473 g/mol. The number of nitrogens with one attached hydrogen (secondary N) is 1. The van der Waals surface area contributed by atoms with E-state index in [1.807, 2.05) is 0 Å². The van der Waals surface area contributed by atoms with Crippen LogP contribution in [-0.4, -0.2) is 17.6 Å². The molecule has 0 saturated heterocycles. The molecule has 1 saturated carbocycles. The molecule has 1 amide bonds. The average molecular weight is 473 g/mol. The van der Waals surface area contributed by atoms with Crippen LogP contribution in [0, 0.1) is 11.8 Å². The summed E-state index contributed by atoms with van der Waals surface area (Å²) in [6.45, 7) is 1.58. The highest BCUT2D eigenvalue weighted by Crippen LogP contribution is 2.40. The molecular weight excluding hydrogens is 448 g/mol. The maximum absolute atomic E-state index is 13.3. The predicted molar refractivity (Wildman–Crippen MR) is 112 cm³/mol. The lowest BCUT2D eigenvalue weighted by Gasteiger charge is -2.27. The minimum Gasteiger partial charge on any atom is -0.396 e. The van der Waals surface area contributed by atoms with Crippen molar-refractivity contribution < 1.29 is 36.2 Å². The molecule has 1 aliphatic carbocycles. The van der Waals surface area contributed by atoms with E-state index in [4.69, 9.17) is 0 Å². The average Bonchev–Trinajstić information content (AvgIpc) is 2.77. The molecule has 180 valence electrons. The summed E-state index contributed by atoms with van der Waals surface area (Å²) in [6, 6.07) is 7.96. The van der Waals surface area contributed by atoms with Gasteiger partial charge in [0.25, 0.3) is 0 Å². The smallest absolute Gasteiger partial charge is 0.396 e. The highest BCUT2D eigenvalue weighted by molar-refractivity contribution is 5.93. The second-order valence-electron chi connectivity index (χ2n) is 8.54. The lowest BCUT2D eigenvalue weighted by atomic mass is 9.82. The minimum absolute atomic E-state index is 0.0750. The fraction of sp³-hybridized carbons (Fsp3) is 0.458. The maximum atomic E-state index is 13.3. The van der Waals surface area contributed by atoms with Crippen molar-refractivity contribution in [3.05, 3.63) is 64.7 Å². The molecule has 0 bridgehead atoms. The normalized spacial score (nSPS) is 20.4. The van der Waals surface area contributed by atoms with Crippen LogP contribution in [0.1, 0.15) is 60.8 Å². The molecule has 0 aromatic heterocycles. The Bertz CT molecular complexity index is 945. The molecule has 0 aliphatic heterocycles. The van der Waals surface area contributed by atoms with Gasteiger partial charge >= 0.3 is 12.4 Å². The molecule has 9 heteroatoms. The number of hydrogen-bond donors (Lipinski definition) is 2. The summed E-state index contributed by atoms with van der Waals surface area (Å²) in [5, 5.41) is 12.1. The van der Waals surface area contributed by atoms with E-state index in [0.29, 0.717) is 36.2 Å². The number of benzene rings is 2. The second-order valence-corrected chi connectivity index (χ2v) is 8.54. The number of anilines is 1. The Hall–Kier alpha value is -2.55. The Morgan fingerprint density at radius 1 is 0.970 bits per heavy atom. The number of halogens is 6. The van der Waals surface area contributed by atoms with Crippen molar-refractivity contribution in [3.63, 3.8) is 0 Å². The van der Waals surface area contributed by atoms with Gasteiger partial charge in [0.1, 0.15) is 0 Å². The molecule has 3 rings (SSSR count). The zero-order valence-electron chi connectivity index (χ0n) is 17.9. The molecule has 0 spiro atoms. The highest BCUT2D eigenvalue weighted by atomic mass is 19.4. The molecule has 1 unspecified atom stereocenters. The third-order valence-electron chi connectivity index (χ3n) is 6.27. The molecular formula is C24H25F6NO2. The minimum atomic E-state index is -4.93. The predicted octanol–water partition coefficient (Wildman–Crippen LogP) is 6.61. The van der Waals surface area contributed by atoms with Gasteiger partial charge in [0.2, 0.25) is 5.91 Å². The molecule has 1 fully saturated rings. The number of hydrogen-bond acceptors (Lipinski definition) is 2. The largest absolute Gasteiger partial charge is 0.416 e. The Kier molecular flexibility index (Phi) is 7.41. The third kappa shape index (κ3) is 6.07. The summed E-state index contributed by atoms with van der Waals surface area (Å²) in [4.78, 5) is 12.8. The molecule has 0 heterocycles. The fourth-order valence-electron chi connectivity index (χ4n) is 4.24. The molecule has 2 aromatic rings. The lowest BCUT2D eigenvalue weighted by Crippen LogP contribution is -2.28. The van der Waals surface area contributed by atoms with Gasteiger partial charge < -0.3 is 10.4 Å². The number of alkyl halides is 6. The summed E-state index contributed by atoms with van der Waals surface area (Å²) in [7, 11) is 0. The number of carbonyl (C=O) groups excluding carboxylic acids is 1. The molecule has 3 nitrogen and oxygen atoms in total. The topological polar surface area (TPSA) is 49.3 Å². The third-order valence-corrected chi connectivity index (χ3v) is 6.27. The Labute approximate surface area is 187 Å². The summed E-state index contributed by atoms with van der Waals surface area (Å²) in [5.41, 5.74) is -2.13. The first-order valence-electron chi connectivity index (χ1n) is 10.7. The SMILES string of the molecule is CC(c1cc(C(F)(F)F)cc(C(F)(F)F)c1)c1ccccc1NC(=O)[C@H]1CC[C@@H](CO)CC1. The van der Waals surface area contributed by atoms with Gasteiger partial charge in [0.05, 0.1) is 11.1 Å². The van der Waals surface area contributed by atoms with E-state index in [-0.39, 0.29) is 36.0 Å². The fourth-order valence-corrected chi connectivity index (χ4v) is 4.24. The summed E-state index contributed by atoms with van der Waals surface area (Å²) in [6.07, 6.45) is -7.21. The van der Waals surface area contributed by atoms with E-state index in [0.717, 1.165) is 12.8 Å². The first-order chi connectivity index (χ1) is 15.4. The standard InChI is InChI=1S/C24H25F6NO2/c1-14(17-10-18(23(25,26)27)12-19(11-17)24(28,29)30)20-4-2-3-5-21(20)31-22(33)16-8-6-15(13-32)7-9-16/h2-5,10-12,14-16,32H,6-9,13H2,1H3,(H,31,33)/t14?,15-,16+. The van der Waals surface area contributed by atoms with E-state index in [2.05, 4.69) is 5.32 Å². The first-order valence-corrected chi connectivity index (χ1v) is 10.7. The van der Waals surface area contributed by atoms with Crippen molar-refractivity contribution in [2.45, 2.75) is 50.9 Å². The van der Waals surface area contributed by atoms with Crippen LogP contribution in [0.2, 0.25) is 0 Å². The summed E-state index contributed by atoms with van der Waals surface area (Å²) >= 11 is 0. The van der Waals surface area contributed by atoms with Crippen LogP contribution >= 0.6 is 0 Å². The van der Waals surface area contributed by atoms with Gasteiger partial charge in [-0.15, -0.1) is 0 Å². The van der Waals surface area contributed by atoms with Crippen LogP contribution in [0.4, 0.5) is 32.0 Å². The number of amides is 1. The Morgan fingerprint density at radius 3 is 2.03 bits per heavy atom. The van der Waals surface area contributed by atoms with Crippen LogP contribution < -0.4 is 5.32 Å². The van der Waals surface area contributed by atoms with Gasteiger partial charge in [0.15, 0.2) is 0 Å². The molecule has 2 N–H and O–H groups in total. The zero-order chi connectivity index (χ0) is 24.4. The van der Waals surface area contributed by atoms with Gasteiger partial charge in [-0.25, -0.2) is 0 Å². The van der Waals surface area contributed by atoms with Crippen LogP contribution in [0.5, 0.6) is 0 Å². The zero-order valence-corrected chi connectivity index (χ0v) is 17.9. The lowest BCUT2D eigenvalue weighted by molar-refractivity contribution is -0.143. The van der Waals surface area contributed by atoms with Crippen molar-refractivity contribution in [1.29, 1.82) is 0 Å². The van der Waals surface area contributed by atoms with Gasteiger partial charge in [-0.3, -0.25) is 4.79 Å². The van der Waals surface area contributed by atoms with Gasteiger partial charge in [-0.05, 0) is 67.0 Å².